The normalized spacial score (nSPS) is 12.9. The molecule has 74 valence electrons. The molecule has 0 amide bonds. The highest BCUT2D eigenvalue weighted by Gasteiger charge is 2.25. The van der Waals surface area contributed by atoms with Crippen LogP contribution in [0.25, 0.3) is 0 Å². The smallest absolute Gasteiger partial charge is 0.137 e. The van der Waals surface area contributed by atoms with E-state index in [2.05, 4.69) is 26.8 Å². The summed E-state index contributed by atoms with van der Waals surface area (Å²) in [6.45, 7) is 6.49. The summed E-state index contributed by atoms with van der Waals surface area (Å²) < 4.78 is 0. The maximum Gasteiger partial charge on any atom is 0.137 e. The zero-order valence-electron chi connectivity index (χ0n) is 9.76. The molecule has 3 heteroatoms. The Hall–Kier alpha value is -0.690. The molecule has 14 heavy (non-hydrogen) atoms. The van der Waals surface area contributed by atoms with E-state index in [4.69, 9.17) is 0 Å². The molecule has 0 aliphatic rings. The standard InChI is InChI=1S/C11H18B2O/c1-10(2,3)8-6-4-5-7-9(8)11(12,13)14/h4-7,14H,12-13H2,1-3H3. The molecule has 0 spiro atoms. The van der Waals surface area contributed by atoms with Crippen molar-refractivity contribution in [3.8, 4) is 0 Å². The third-order valence-electron chi connectivity index (χ3n) is 2.39. The van der Waals surface area contributed by atoms with E-state index in [1.807, 2.05) is 33.9 Å². The number of aliphatic hydroxyl groups is 1. The lowest BCUT2D eigenvalue weighted by Gasteiger charge is -2.29. The second-order valence-corrected chi connectivity index (χ2v) is 5.35. The molecule has 0 aliphatic heterocycles. The highest BCUT2D eigenvalue weighted by Crippen LogP contribution is 2.29. The Morgan fingerprint density at radius 3 is 1.71 bits per heavy atom. The lowest BCUT2D eigenvalue weighted by molar-refractivity contribution is 0.214. The van der Waals surface area contributed by atoms with Gasteiger partial charge in [0, 0.05) is 5.40 Å². The fourth-order valence-corrected chi connectivity index (χ4v) is 1.67. The highest BCUT2D eigenvalue weighted by atomic mass is 16.3. The minimum Gasteiger partial charge on any atom is -0.403 e. The van der Waals surface area contributed by atoms with Crippen LogP contribution in [0.4, 0.5) is 0 Å². The van der Waals surface area contributed by atoms with Crippen LogP contribution < -0.4 is 0 Å². The van der Waals surface area contributed by atoms with Gasteiger partial charge >= 0.3 is 0 Å². The summed E-state index contributed by atoms with van der Waals surface area (Å²) in [5.74, 6) is 0. The van der Waals surface area contributed by atoms with Gasteiger partial charge in [-0.25, -0.2) is 0 Å². The summed E-state index contributed by atoms with van der Waals surface area (Å²) in [4.78, 5) is 0. The van der Waals surface area contributed by atoms with Crippen molar-refractivity contribution in [3.05, 3.63) is 35.4 Å². The second-order valence-electron chi connectivity index (χ2n) is 5.35. The molecular formula is C11H18B2O. The van der Waals surface area contributed by atoms with Crippen LogP contribution in [-0.4, -0.2) is 20.8 Å². The first-order valence-corrected chi connectivity index (χ1v) is 5.05. The Labute approximate surface area is 88.4 Å². The molecule has 0 saturated heterocycles. The van der Waals surface area contributed by atoms with Crippen molar-refractivity contribution in [2.75, 3.05) is 0 Å². The molecule has 0 atom stereocenters. The Balaban J connectivity index is 3.31. The van der Waals surface area contributed by atoms with Crippen molar-refractivity contribution in [2.45, 2.75) is 31.6 Å². The summed E-state index contributed by atoms with van der Waals surface area (Å²) in [6.07, 6.45) is 0. The monoisotopic (exact) mass is 188 g/mol. The van der Waals surface area contributed by atoms with Crippen molar-refractivity contribution in [2.24, 2.45) is 0 Å². The van der Waals surface area contributed by atoms with Crippen LogP contribution in [0.15, 0.2) is 24.3 Å². The van der Waals surface area contributed by atoms with Crippen LogP contribution in [0.3, 0.4) is 0 Å². The van der Waals surface area contributed by atoms with Gasteiger partial charge in [-0.05, 0) is 16.5 Å². The predicted molar refractivity (Wildman–Crippen MR) is 66.1 cm³/mol. The SMILES string of the molecule is BC(B)(O)c1ccccc1C(C)(C)C. The predicted octanol–water partition coefficient (Wildman–Crippen LogP) is 0.353. The third kappa shape index (κ3) is 2.42. The van der Waals surface area contributed by atoms with Gasteiger partial charge in [0.2, 0.25) is 0 Å². The van der Waals surface area contributed by atoms with Gasteiger partial charge in [0.1, 0.15) is 15.7 Å². The van der Waals surface area contributed by atoms with Gasteiger partial charge in [-0.3, -0.25) is 0 Å². The van der Waals surface area contributed by atoms with Crippen LogP contribution in [0.1, 0.15) is 31.9 Å². The first kappa shape index (κ1) is 11.4. The zero-order valence-corrected chi connectivity index (χ0v) is 9.76. The second kappa shape index (κ2) is 3.47. The summed E-state index contributed by atoms with van der Waals surface area (Å²) in [5, 5.41) is 9.27. The molecule has 0 fully saturated rings. The number of rotatable bonds is 1. The van der Waals surface area contributed by atoms with Gasteiger partial charge in [-0.15, -0.1) is 0 Å². The molecule has 0 aromatic heterocycles. The van der Waals surface area contributed by atoms with E-state index >= 15 is 0 Å². The minimum absolute atomic E-state index is 0.0800. The van der Waals surface area contributed by atoms with Crippen LogP contribution in [-0.2, 0) is 10.8 Å². The molecule has 1 aromatic carbocycles. The van der Waals surface area contributed by atoms with Gasteiger partial charge < -0.3 is 5.11 Å². The van der Waals surface area contributed by atoms with E-state index in [0.29, 0.717) is 0 Å². The molecule has 0 radical (unpaired) electrons. The van der Waals surface area contributed by atoms with Crippen LogP contribution in [0.5, 0.6) is 0 Å². The van der Waals surface area contributed by atoms with Crippen molar-refractivity contribution >= 4 is 15.7 Å². The molecule has 0 bridgehead atoms. The third-order valence-corrected chi connectivity index (χ3v) is 2.39. The van der Waals surface area contributed by atoms with Gasteiger partial charge in [0.15, 0.2) is 0 Å². The van der Waals surface area contributed by atoms with Gasteiger partial charge in [-0.2, -0.15) is 0 Å². The number of hydrogen-bond acceptors (Lipinski definition) is 1. The Kier molecular flexibility index (Phi) is 2.82. The van der Waals surface area contributed by atoms with E-state index in [1.165, 1.54) is 5.56 Å². The largest absolute Gasteiger partial charge is 0.403 e. The Bertz CT molecular complexity index is 288. The van der Waals surface area contributed by atoms with Crippen molar-refractivity contribution in [1.29, 1.82) is 0 Å². The van der Waals surface area contributed by atoms with E-state index in [9.17, 15) is 5.11 Å². The molecule has 1 N–H and O–H groups in total. The zero-order chi connectivity index (χ0) is 11.0. The fourth-order valence-electron chi connectivity index (χ4n) is 1.67. The number of hydrogen-bond donors (Lipinski definition) is 1. The van der Waals surface area contributed by atoms with Crippen molar-refractivity contribution in [1.82, 2.24) is 0 Å². The maximum atomic E-state index is 10.0. The van der Waals surface area contributed by atoms with Gasteiger partial charge in [0.05, 0.1) is 0 Å². The Morgan fingerprint density at radius 1 is 1.00 bits per heavy atom. The van der Waals surface area contributed by atoms with Crippen LogP contribution in [0.2, 0.25) is 0 Å². The first-order chi connectivity index (χ1) is 6.23. The molecule has 0 aliphatic carbocycles. The van der Waals surface area contributed by atoms with Crippen LogP contribution >= 0.6 is 0 Å². The Morgan fingerprint density at radius 2 is 1.43 bits per heavy atom. The van der Waals surface area contributed by atoms with E-state index in [0.717, 1.165) is 5.56 Å². The topological polar surface area (TPSA) is 20.2 Å². The summed E-state index contributed by atoms with van der Waals surface area (Å²) in [7, 11) is 3.66. The lowest BCUT2D eigenvalue weighted by atomic mass is 9.59. The summed E-state index contributed by atoms with van der Waals surface area (Å²) in [6, 6.07) is 8.09. The average molecular weight is 188 g/mol. The van der Waals surface area contributed by atoms with E-state index in [1.54, 1.807) is 0 Å². The van der Waals surface area contributed by atoms with Gasteiger partial charge in [0.25, 0.3) is 0 Å². The average Bonchev–Trinajstić information content (AvgIpc) is 2.01. The number of benzene rings is 1. The van der Waals surface area contributed by atoms with Gasteiger partial charge in [-0.1, -0.05) is 45.0 Å². The summed E-state index contributed by atoms with van der Waals surface area (Å²) >= 11 is 0. The molecule has 0 unspecified atom stereocenters. The molecule has 0 heterocycles. The summed E-state index contributed by atoms with van der Waals surface area (Å²) in [5.41, 5.74) is 2.32. The van der Waals surface area contributed by atoms with Crippen molar-refractivity contribution in [3.63, 3.8) is 0 Å². The van der Waals surface area contributed by atoms with Crippen molar-refractivity contribution < 1.29 is 5.11 Å². The lowest BCUT2D eigenvalue weighted by Crippen LogP contribution is -2.30. The highest BCUT2D eigenvalue weighted by molar-refractivity contribution is 6.38. The molecule has 1 rings (SSSR count). The molecule has 1 aromatic rings. The fraction of sp³-hybridized carbons (Fsp3) is 0.455. The molecule has 1 nitrogen and oxygen atoms in total. The van der Waals surface area contributed by atoms with Crippen LogP contribution in [0, 0.1) is 0 Å². The van der Waals surface area contributed by atoms with E-state index in [-0.39, 0.29) is 5.41 Å². The van der Waals surface area contributed by atoms with E-state index < -0.39 is 5.40 Å². The quantitative estimate of drug-likeness (QED) is 0.630. The molecule has 0 saturated carbocycles. The maximum absolute atomic E-state index is 10.0. The molecular weight excluding hydrogens is 170 g/mol. The first-order valence-electron chi connectivity index (χ1n) is 5.05. The minimum atomic E-state index is -0.760.